The summed E-state index contributed by atoms with van der Waals surface area (Å²) in [5.41, 5.74) is 8.66. The number of aromatic nitrogens is 4. The molecule has 0 saturated heterocycles. The molecule has 0 spiro atoms. The molecular formula is C12H17N5. The van der Waals surface area contributed by atoms with Gasteiger partial charge in [0.25, 0.3) is 0 Å². The smallest absolute Gasteiger partial charge is 0.182 e. The number of tetrazole rings is 1. The van der Waals surface area contributed by atoms with Crippen LogP contribution in [0.1, 0.15) is 25.3 Å². The number of rotatable bonds is 4. The van der Waals surface area contributed by atoms with Crippen molar-refractivity contribution in [2.75, 3.05) is 5.73 Å². The van der Waals surface area contributed by atoms with Gasteiger partial charge < -0.3 is 5.73 Å². The zero-order valence-corrected chi connectivity index (χ0v) is 10.2. The number of nitrogens with two attached hydrogens (primary N) is 1. The summed E-state index contributed by atoms with van der Waals surface area (Å²) in [4.78, 5) is 0. The molecular weight excluding hydrogens is 214 g/mol. The topological polar surface area (TPSA) is 69.6 Å². The van der Waals surface area contributed by atoms with Gasteiger partial charge in [0.05, 0.1) is 0 Å². The first-order valence-electron chi connectivity index (χ1n) is 5.85. The van der Waals surface area contributed by atoms with Gasteiger partial charge in [0.1, 0.15) is 0 Å². The van der Waals surface area contributed by atoms with E-state index in [1.165, 1.54) is 0 Å². The molecule has 0 atom stereocenters. The Kier molecular flexibility index (Phi) is 3.37. The molecule has 0 fully saturated rings. The lowest BCUT2D eigenvalue weighted by atomic mass is 10.1. The van der Waals surface area contributed by atoms with Crippen LogP contribution in [0, 0.1) is 6.92 Å². The van der Waals surface area contributed by atoms with E-state index in [0.29, 0.717) is 0 Å². The summed E-state index contributed by atoms with van der Waals surface area (Å²) in [6.07, 6.45) is 2.20. The molecule has 1 heterocycles. The molecule has 0 aliphatic rings. The molecule has 1 aromatic heterocycles. The molecule has 2 rings (SSSR count). The van der Waals surface area contributed by atoms with Crippen molar-refractivity contribution in [3.05, 3.63) is 23.8 Å². The fourth-order valence-electron chi connectivity index (χ4n) is 1.68. The minimum absolute atomic E-state index is 0.793. The van der Waals surface area contributed by atoms with Crippen molar-refractivity contribution in [3.63, 3.8) is 0 Å². The van der Waals surface area contributed by atoms with Crippen LogP contribution in [0.15, 0.2) is 18.2 Å². The van der Waals surface area contributed by atoms with Crippen molar-refractivity contribution in [3.8, 4) is 11.4 Å². The van der Waals surface area contributed by atoms with Crippen molar-refractivity contribution in [1.82, 2.24) is 20.2 Å². The molecule has 1 aromatic carbocycles. The lowest BCUT2D eigenvalue weighted by molar-refractivity contribution is 0.557. The van der Waals surface area contributed by atoms with E-state index in [2.05, 4.69) is 22.4 Å². The van der Waals surface area contributed by atoms with Gasteiger partial charge in [0.2, 0.25) is 0 Å². The summed E-state index contributed by atoms with van der Waals surface area (Å²) >= 11 is 0. The van der Waals surface area contributed by atoms with Crippen molar-refractivity contribution in [2.45, 2.75) is 33.2 Å². The van der Waals surface area contributed by atoms with Gasteiger partial charge in [-0.15, -0.1) is 5.10 Å². The number of nitrogens with zero attached hydrogens (tertiary/aromatic N) is 4. The van der Waals surface area contributed by atoms with E-state index in [0.717, 1.165) is 42.0 Å². The second-order valence-corrected chi connectivity index (χ2v) is 4.15. The minimum Gasteiger partial charge on any atom is -0.399 e. The summed E-state index contributed by atoms with van der Waals surface area (Å²) in [6, 6.07) is 5.86. The van der Waals surface area contributed by atoms with Crippen LogP contribution in [0.5, 0.6) is 0 Å². The van der Waals surface area contributed by atoms with Gasteiger partial charge in [-0.3, -0.25) is 0 Å². The van der Waals surface area contributed by atoms with Crippen LogP contribution >= 0.6 is 0 Å². The molecule has 5 nitrogen and oxygen atoms in total. The maximum Gasteiger partial charge on any atom is 0.182 e. The Morgan fingerprint density at radius 1 is 1.35 bits per heavy atom. The summed E-state index contributed by atoms with van der Waals surface area (Å²) < 4.78 is 1.84. The van der Waals surface area contributed by atoms with Crippen LogP contribution in [-0.2, 0) is 6.54 Å². The third-order valence-electron chi connectivity index (χ3n) is 2.78. The Labute approximate surface area is 101 Å². The second kappa shape index (κ2) is 4.95. The van der Waals surface area contributed by atoms with Gasteiger partial charge in [0.15, 0.2) is 5.82 Å². The maximum absolute atomic E-state index is 5.80. The van der Waals surface area contributed by atoms with Crippen LogP contribution in [0.4, 0.5) is 5.69 Å². The molecule has 2 aromatic rings. The number of nitrogen functional groups attached to an aromatic ring is 1. The maximum atomic E-state index is 5.80. The van der Waals surface area contributed by atoms with Gasteiger partial charge in [-0.1, -0.05) is 13.3 Å². The first kappa shape index (κ1) is 11.6. The van der Waals surface area contributed by atoms with Gasteiger partial charge in [-0.2, -0.15) is 0 Å². The number of anilines is 1. The fraction of sp³-hybridized carbons (Fsp3) is 0.417. The molecule has 0 amide bonds. The largest absolute Gasteiger partial charge is 0.399 e. The Morgan fingerprint density at radius 3 is 2.88 bits per heavy atom. The number of aryl methyl sites for hydroxylation is 2. The van der Waals surface area contributed by atoms with Crippen molar-refractivity contribution >= 4 is 5.69 Å². The summed E-state index contributed by atoms with van der Waals surface area (Å²) in [7, 11) is 0. The van der Waals surface area contributed by atoms with E-state index in [9.17, 15) is 0 Å². The monoisotopic (exact) mass is 231 g/mol. The Morgan fingerprint density at radius 2 is 2.18 bits per heavy atom. The number of hydrogen-bond donors (Lipinski definition) is 1. The highest BCUT2D eigenvalue weighted by Crippen LogP contribution is 2.21. The van der Waals surface area contributed by atoms with Crippen LogP contribution in [0.2, 0.25) is 0 Å². The predicted octanol–water partition coefficient (Wildman–Crippen LogP) is 2.03. The van der Waals surface area contributed by atoms with E-state index >= 15 is 0 Å². The molecule has 0 unspecified atom stereocenters. The standard InChI is InChI=1S/C12H17N5/c1-3-4-7-17-12(14-15-16-17)10-5-6-11(13)9(2)8-10/h5-6,8H,3-4,7,13H2,1-2H3. The number of hydrogen-bond acceptors (Lipinski definition) is 4. The van der Waals surface area contributed by atoms with Gasteiger partial charge in [-0.25, -0.2) is 4.68 Å². The first-order valence-corrected chi connectivity index (χ1v) is 5.85. The third-order valence-corrected chi connectivity index (χ3v) is 2.78. The van der Waals surface area contributed by atoms with Crippen LogP contribution in [0.25, 0.3) is 11.4 Å². The molecule has 2 N–H and O–H groups in total. The molecule has 0 saturated carbocycles. The van der Waals surface area contributed by atoms with Crippen molar-refractivity contribution in [2.24, 2.45) is 0 Å². The zero-order valence-electron chi connectivity index (χ0n) is 10.2. The molecule has 17 heavy (non-hydrogen) atoms. The zero-order chi connectivity index (χ0) is 12.3. The van der Waals surface area contributed by atoms with E-state index in [1.807, 2.05) is 29.8 Å². The molecule has 5 heteroatoms. The SMILES string of the molecule is CCCCn1nnnc1-c1ccc(N)c(C)c1. The van der Waals surface area contributed by atoms with Crippen LogP contribution < -0.4 is 5.73 Å². The molecule has 0 bridgehead atoms. The number of benzene rings is 1. The second-order valence-electron chi connectivity index (χ2n) is 4.15. The van der Waals surface area contributed by atoms with E-state index in [1.54, 1.807) is 0 Å². The number of unbranched alkanes of at least 4 members (excludes halogenated alkanes) is 1. The first-order chi connectivity index (χ1) is 8.22. The Hall–Kier alpha value is -1.91. The molecule has 0 radical (unpaired) electrons. The normalized spacial score (nSPS) is 10.7. The van der Waals surface area contributed by atoms with Crippen LogP contribution in [-0.4, -0.2) is 20.2 Å². The highest BCUT2D eigenvalue weighted by atomic mass is 15.5. The average molecular weight is 231 g/mol. The summed E-state index contributed by atoms with van der Waals surface area (Å²) in [5, 5.41) is 11.8. The molecule has 90 valence electrons. The van der Waals surface area contributed by atoms with E-state index < -0.39 is 0 Å². The van der Waals surface area contributed by atoms with Crippen molar-refractivity contribution < 1.29 is 0 Å². The Bertz CT molecular complexity index is 503. The van der Waals surface area contributed by atoms with E-state index in [-0.39, 0.29) is 0 Å². The lowest BCUT2D eigenvalue weighted by Crippen LogP contribution is -2.03. The highest BCUT2D eigenvalue weighted by Gasteiger charge is 2.09. The molecule has 0 aliphatic heterocycles. The lowest BCUT2D eigenvalue weighted by Gasteiger charge is -2.05. The summed E-state index contributed by atoms with van der Waals surface area (Å²) in [6.45, 7) is 4.98. The van der Waals surface area contributed by atoms with E-state index in [4.69, 9.17) is 5.73 Å². The minimum atomic E-state index is 0.793. The predicted molar refractivity (Wildman–Crippen MR) is 67.3 cm³/mol. The quantitative estimate of drug-likeness (QED) is 0.817. The highest BCUT2D eigenvalue weighted by molar-refractivity contribution is 5.61. The van der Waals surface area contributed by atoms with Gasteiger partial charge in [0, 0.05) is 17.8 Å². The third kappa shape index (κ3) is 2.43. The molecule has 0 aliphatic carbocycles. The fourth-order valence-corrected chi connectivity index (χ4v) is 1.68. The van der Waals surface area contributed by atoms with Crippen molar-refractivity contribution in [1.29, 1.82) is 0 Å². The Balaban J connectivity index is 2.32. The van der Waals surface area contributed by atoms with Gasteiger partial charge in [-0.05, 0) is 47.5 Å². The van der Waals surface area contributed by atoms with Crippen LogP contribution in [0.3, 0.4) is 0 Å². The summed E-state index contributed by atoms with van der Waals surface area (Å²) in [5.74, 6) is 0.807. The van der Waals surface area contributed by atoms with Gasteiger partial charge >= 0.3 is 0 Å². The average Bonchev–Trinajstić information content (AvgIpc) is 2.78.